The molecule has 3 rings (SSSR count). The fourth-order valence-corrected chi connectivity index (χ4v) is 4.20. The van der Waals surface area contributed by atoms with Crippen molar-refractivity contribution in [2.24, 2.45) is 0 Å². The van der Waals surface area contributed by atoms with E-state index in [9.17, 15) is 4.79 Å². The largest absolute Gasteiger partial charge is 0.355 e. The van der Waals surface area contributed by atoms with Gasteiger partial charge in [-0.15, -0.1) is 12.4 Å². The van der Waals surface area contributed by atoms with Crippen LogP contribution in [0.15, 0.2) is 28.7 Å². The Hall–Kier alpha value is -0.230. The van der Waals surface area contributed by atoms with E-state index in [0.29, 0.717) is 12.5 Å². The van der Waals surface area contributed by atoms with Crippen molar-refractivity contribution in [1.29, 1.82) is 0 Å². The van der Waals surface area contributed by atoms with Crippen molar-refractivity contribution in [1.82, 2.24) is 10.6 Å². The molecule has 1 unspecified atom stereocenters. The van der Waals surface area contributed by atoms with Crippen LogP contribution < -0.4 is 10.6 Å². The monoisotopic (exact) mass is 404 g/mol. The summed E-state index contributed by atoms with van der Waals surface area (Å²) in [4.78, 5) is 12.1. The molecule has 6 heteroatoms. The average molecular weight is 406 g/mol. The lowest BCUT2D eigenvalue weighted by Gasteiger charge is -2.23. The second kappa shape index (κ2) is 8.04. The lowest BCUT2D eigenvalue weighted by molar-refractivity contribution is -0.121. The molecule has 1 aliphatic heterocycles. The van der Waals surface area contributed by atoms with E-state index in [4.69, 9.17) is 0 Å². The Morgan fingerprint density at radius 2 is 2.27 bits per heavy atom. The molecule has 2 fully saturated rings. The first-order valence-electron chi connectivity index (χ1n) is 7.52. The van der Waals surface area contributed by atoms with Gasteiger partial charge in [0.05, 0.1) is 0 Å². The van der Waals surface area contributed by atoms with E-state index in [0.717, 1.165) is 29.1 Å². The second-order valence-corrected chi connectivity index (χ2v) is 8.06. The van der Waals surface area contributed by atoms with Gasteiger partial charge < -0.3 is 10.6 Å². The fraction of sp³-hybridized carbons (Fsp3) is 0.562. The number of hydrogen-bond acceptors (Lipinski definition) is 3. The number of halogens is 2. The van der Waals surface area contributed by atoms with Gasteiger partial charge in [0.15, 0.2) is 0 Å². The maximum atomic E-state index is 12.1. The van der Waals surface area contributed by atoms with E-state index in [1.807, 2.05) is 17.8 Å². The highest BCUT2D eigenvalue weighted by molar-refractivity contribution is 9.10. The predicted molar refractivity (Wildman–Crippen MR) is 99.0 cm³/mol. The van der Waals surface area contributed by atoms with Crippen molar-refractivity contribution in [2.45, 2.75) is 30.7 Å². The summed E-state index contributed by atoms with van der Waals surface area (Å²) in [5, 5.41) is 6.56. The predicted octanol–water partition coefficient (Wildman–Crippen LogP) is 3.11. The normalized spacial score (nSPS) is 22.5. The van der Waals surface area contributed by atoms with Gasteiger partial charge in [0, 0.05) is 46.9 Å². The van der Waals surface area contributed by atoms with E-state index < -0.39 is 0 Å². The Balaban J connectivity index is 0.00000176. The quantitative estimate of drug-likeness (QED) is 0.791. The van der Waals surface area contributed by atoms with Crippen molar-refractivity contribution >= 4 is 46.0 Å². The Morgan fingerprint density at radius 1 is 1.45 bits per heavy atom. The van der Waals surface area contributed by atoms with Crippen LogP contribution in [0.1, 0.15) is 24.8 Å². The van der Waals surface area contributed by atoms with Crippen LogP contribution in [-0.4, -0.2) is 36.5 Å². The van der Waals surface area contributed by atoms with Crippen molar-refractivity contribution in [2.75, 3.05) is 24.6 Å². The molecule has 22 heavy (non-hydrogen) atoms. The smallest absolute Gasteiger partial charge is 0.221 e. The van der Waals surface area contributed by atoms with Crippen LogP contribution in [0.25, 0.3) is 0 Å². The highest BCUT2D eigenvalue weighted by Crippen LogP contribution is 2.48. The summed E-state index contributed by atoms with van der Waals surface area (Å²) in [6.07, 6.45) is 2.93. The molecule has 0 spiro atoms. The van der Waals surface area contributed by atoms with E-state index in [1.165, 1.54) is 18.4 Å². The molecule has 1 saturated carbocycles. The molecule has 2 N–H and O–H groups in total. The van der Waals surface area contributed by atoms with Gasteiger partial charge in [-0.1, -0.05) is 28.1 Å². The summed E-state index contributed by atoms with van der Waals surface area (Å²) in [5.41, 5.74) is 1.51. The minimum atomic E-state index is 0. The number of hydrogen-bond donors (Lipinski definition) is 2. The minimum absolute atomic E-state index is 0. The molecule has 1 saturated heterocycles. The van der Waals surface area contributed by atoms with Gasteiger partial charge in [-0.25, -0.2) is 0 Å². The zero-order valence-electron chi connectivity index (χ0n) is 12.4. The summed E-state index contributed by atoms with van der Waals surface area (Å²) >= 11 is 5.46. The average Bonchev–Trinajstić information content (AvgIpc) is 3.28. The number of nitrogens with one attached hydrogen (secondary N) is 2. The van der Waals surface area contributed by atoms with E-state index >= 15 is 0 Å². The Morgan fingerprint density at radius 3 is 2.91 bits per heavy atom. The van der Waals surface area contributed by atoms with Crippen LogP contribution in [-0.2, 0) is 10.2 Å². The third kappa shape index (κ3) is 4.63. The first-order chi connectivity index (χ1) is 10.2. The van der Waals surface area contributed by atoms with E-state index in [1.54, 1.807) is 0 Å². The second-order valence-electron chi connectivity index (χ2n) is 6.00. The van der Waals surface area contributed by atoms with Gasteiger partial charge in [0.2, 0.25) is 5.91 Å². The lowest BCUT2D eigenvalue weighted by Crippen LogP contribution is -2.42. The summed E-state index contributed by atoms with van der Waals surface area (Å²) < 4.78 is 1.11. The van der Waals surface area contributed by atoms with Crippen molar-refractivity contribution in [3.63, 3.8) is 0 Å². The zero-order valence-corrected chi connectivity index (χ0v) is 15.7. The van der Waals surface area contributed by atoms with Gasteiger partial charge in [0.1, 0.15) is 0 Å². The molecule has 122 valence electrons. The number of benzene rings is 1. The van der Waals surface area contributed by atoms with Crippen LogP contribution in [0.5, 0.6) is 0 Å². The highest BCUT2D eigenvalue weighted by atomic mass is 79.9. The number of carbonyl (C=O) groups excluding carboxylic acids is 1. The van der Waals surface area contributed by atoms with Crippen LogP contribution in [0.3, 0.4) is 0 Å². The molecule has 0 aromatic heterocycles. The topological polar surface area (TPSA) is 41.1 Å². The number of rotatable bonds is 5. The molecule has 1 aromatic carbocycles. The van der Waals surface area contributed by atoms with Gasteiger partial charge in [-0.05, 0) is 30.5 Å². The lowest BCUT2D eigenvalue weighted by atomic mass is 9.96. The van der Waals surface area contributed by atoms with Gasteiger partial charge in [0.25, 0.3) is 0 Å². The summed E-state index contributed by atoms with van der Waals surface area (Å²) in [6.45, 7) is 1.78. The number of carbonyl (C=O) groups is 1. The zero-order chi connectivity index (χ0) is 14.7. The van der Waals surface area contributed by atoms with Gasteiger partial charge >= 0.3 is 0 Å². The summed E-state index contributed by atoms with van der Waals surface area (Å²) in [7, 11) is 0. The van der Waals surface area contributed by atoms with Crippen LogP contribution in [0.2, 0.25) is 0 Å². The Labute approximate surface area is 150 Å². The summed E-state index contributed by atoms with van der Waals surface area (Å²) in [6, 6.07) is 8.81. The third-order valence-electron chi connectivity index (χ3n) is 4.34. The molecule has 1 aliphatic carbocycles. The highest BCUT2D eigenvalue weighted by Gasteiger charge is 2.44. The molecular weight excluding hydrogens is 384 g/mol. The SMILES string of the molecule is Cl.O=C(CC1CSCCN1)NCC1(c2cccc(Br)c2)CC1. The maximum Gasteiger partial charge on any atom is 0.221 e. The molecule has 0 radical (unpaired) electrons. The maximum absolute atomic E-state index is 12.1. The van der Waals surface area contributed by atoms with Crippen LogP contribution in [0.4, 0.5) is 0 Å². The first-order valence-corrected chi connectivity index (χ1v) is 9.47. The van der Waals surface area contributed by atoms with E-state index in [-0.39, 0.29) is 23.7 Å². The molecule has 1 atom stereocenters. The molecule has 3 nitrogen and oxygen atoms in total. The number of amides is 1. The van der Waals surface area contributed by atoms with Crippen molar-refractivity contribution in [3.05, 3.63) is 34.3 Å². The third-order valence-corrected chi connectivity index (χ3v) is 5.97. The minimum Gasteiger partial charge on any atom is -0.355 e. The first kappa shape index (κ1) is 18.1. The Bertz CT molecular complexity index is 519. The molecule has 1 amide bonds. The molecule has 0 bridgehead atoms. The molecule has 1 aromatic rings. The fourth-order valence-electron chi connectivity index (χ4n) is 2.85. The van der Waals surface area contributed by atoms with Gasteiger partial charge in [-0.2, -0.15) is 11.8 Å². The summed E-state index contributed by atoms with van der Waals surface area (Å²) in [5.74, 6) is 2.38. The van der Waals surface area contributed by atoms with Gasteiger partial charge in [-0.3, -0.25) is 4.79 Å². The molecule has 2 aliphatic rings. The van der Waals surface area contributed by atoms with Crippen molar-refractivity contribution < 1.29 is 4.79 Å². The Kier molecular flexibility index (Phi) is 6.62. The van der Waals surface area contributed by atoms with Crippen LogP contribution in [0, 0.1) is 0 Å². The molecule has 1 heterocycles. The van der Waals surface area contributed by atoms with Crippen molar-refractivity contribution in [3.8, 4) is 0 Å². The number of thioether (sulfide) groups is 1. The standard InChI is InChI=1S/C16H21BrN2OS.ClH/c17-13-3-1-2-12(8-13)16(4-5-16)11-19-15(20)9-14-10-21-7-6-18-14;/h1-3,8,14,18H,4-7,9-11H2,(H,19,20);1H. The van der Waals surface area contributed by atoms with Crippen LogP contribution >= 0.6 is 40.1 Å². The molecular formula is C16H22BrClN2OS. The van der Waals surface area contributed by atoms with E-state index in [2.05, 4.69) is 44.8 Å².